The molecule has 0 fully saturated rings. The van der Waals surface area contributed by atoms with E-state index in [0.717, 1.165) is 26.2 Å². The van der Waals surface area contributed by atoms with Crippen molar-refractivity contribution in [2.24, 2.45) is 0 Å². The Kier molecular flexibility index (Phi) is 67.3. The van der Waals surface area contributed by atoms with E-state index in [-0.39, 0.29) is 28.4 Å². The van der Waals surface area contributed by atoms with Crippen molar-refractivity contribution < 1.29 is 33.2 Å². The van der Waals surface area contributed by atoms with Crippen LogP contribution in [0.5, 0.6) is 0 Å². The van der Waals surface area contributed by atoms with E-state index >= 15 is 0 Å². The molecule has 0 aliphatic heterocycles. The van der Waals surface area contributed by atoms with Crippen LogP contribution in [-0.2, 0) is 33.2 Å². The van der Waals surface area contributed by atoms with E-state index in [4.69, 9.17) is 33.2 Å². The zero-order chi connectivity index (χ0) is 24.5. The van der Waals surface area contributed by atoms with Crippen molar-refractivity contribution in [3.63, 3.8) is 0 Å². The highest BCUT2D eigenvalue weighted by molar-refractivity contribution is 5.02. The number of hydrogen-bond donors (Lipinski definition) is 0. The number of allylic oxidation sites excluding steroid dienone is 2. The summed E-state index contributed by atoms with van der Waals surface area (Å²) in [6.45, 7) is 4.47. The fraction of sp³-hybridized carbons (Fsp3) is 0.786. The first-order chi connectivity index (χ1) is 15.7. The van der Waals surface area contributed by atoms with E-state index in [1.165, 1.54) is 25.7 Å². The predicted octanol–water partition coefficient (Wildman–Crippen LogP) is 6.38. The molecule has 0 N–H and O–H groups in total. The van der Waals surface area contributed by atoms with Crippen molar-refractivity contribution in [1.29, 1.82) is 0 Å². The summed E-state index contributed by atoms with van der Waals surface area (Å²) in [6, 6.07) is 0. The van der Waals surface area contributed by atoms with Gasteiger partial charge in [0.05, 0.1) is 25.9 Å². The van der Waals surface area contributed by atoms with Crippen LogP contribution < -0.4 is 0 Å². The van der Waals surface area contributed by atoms with Crippen molar-refractivity contribution >= 4 is 0 Å². The standard InChI is InChI=1S/C9H18O3.C8H18O2.C8H14O2.3CH4/c1-10-7-4-5-9(12-3)6-8-11-2;2*1-9-7-5-3-4-6-8-10-2;;;/h4-5,9H,6-8H2,1-3H3;3-8H2,1-2H3;3-6H,7-8H2,1-2H3;3*1H4/b5-4+;;5-3+,6-4+;;;. The molecule has 216 valence electrons. The van der Waals surface area contributed by atoms with Crippen molar-refractivity contribution in [1.82, 2.24) is 0 Å². The lowest BCUT2D eigenvalue weighted by Crippen LogP contribution is -2.10. The lowest BCUT2D eigenvalue weighted by Gasteiger charge is -2.09. The molecule has 0 radical (unpaired) electrons. The van der Waals surface area contributed by atoms with E-state index in [0.29, 0.717) is 19.8 Å². The predicted molar refractivity (Wildman–Crippen MR) is 153 cm³/mol. The Hall–Kier alpha value is -1.06. The van der Waals surface area contributed by atoms with Gasteiger partial charge in [0.2, 0.25) is 0 Å². The number of methoxy groups -OCH3 is 7. The molecule has 0 rings (SSSR count). The van der Waals surface area contributed by atoms with Crippen LogP contribution >= 0.6 is 0 Å². The second kappa shape index (κ2) is 49.9. The maximum Gasteiger partial charge on any atom is 0.0774 e. The molecule has 1 atom stereocenters. The van der Waals surface area contributed by atoms with Crippen LogP contribution in [-0.4, -0.2) is 95.5 Å². The monoisotopic (exact) mass is 510 g/mol. The number of rotatable bonds is 19. The second-order valence-corrected chi connectivity index (χ2v) is 6.61. The van der Waals surface area contributed by atoms with Gasteiger partial charge < -0.3 is 33.2 Å². The van der Waals surface area contributed by atoms with Gasteiger partial charge in [-0.05, 0) is 12.8 Å². The lowest BCUT2D eigenvalue weighted by molar-refractivity contribution is 0.0957. The Morgan fingerprint density at radius 1 is 0.486 bits per heavy atom. The van der Waals surface area contributed by atoms with Crippen LogP contribution in [0.25, 0.3) is 0 Å². The number of hydrogen-bond acceptors (Lipinski definition) is 7. The minimum Gasteiger partial charge on any atom is -0.385 e. The fourth-order valence-electron chi connectivity index (χ4n) is 2.14. The molecule has 0 aliphatic rings. The third kappa shape index (κ3) is 55.0. The first-order valence-corrected chi connectivity index (χ1v) is 11.1. The molecule has 7 nitrogen and oxygen atoms in total. The molecule has 0 aromatic heterocycles. The van der Waals surface area contributed by atoms with Crippen LogP contribution in [0, 0.1) is 0 Å². The zero-order valence-corrected chi connectivity index (χ0v) is 21.7. The molecule has 0 spiro atoms. The van der Waals surface area contributed by atoms with Crippen molar-refractivity contribution in [2.75, 3.05) is 89.4 Å². The van der Waals surface area contributed by atoms with Gasteiger partial charge in [-0.3, -0.25) is 0 Å². The Labute approximate surface area is 219 Å². The third-order valence-corrected chi connectivity index (χ3v) is 3.88. The van der Waals surface area contributed by atoms with E-state index in [9.17, 15) is 0 Å². The number of unbranched alkanes of at least 4 members (excludes halogenated alkanes) is 3. The third-order valence-electron chi connectivity index (χ3n) is 3.88. The van der Waals surface area contributed by atoms with Crippen LogP contribution in [0.1, 0.15) is 54.4 Å². The molecular formula is C28H62O7. The highest BCUT2D eigenvalue weighted by Crippen LogP contribution is 1.99. The molecule has 0 aromatic carbocycles. The van der Waals surface area contributed by atoms with Crippen molar-refractivity contribution in [3.05, 3.63) is 36.5 Å². The van der Waals surface area contributed by atoms with Gasteiger partial charge in [-0.25, -0.2) is 0 Å². The molecule has 0 aromatic rings. The minimum absolute atomic E-state index is 0. The Morgan fingerprint density at radius 2 is 0.886 bits per heavy atom. The fourth-order valence-corrected chi connectivity index (χ4v) is 2.14. The largest absolute Gasteiger partial charge is 0.385 e. The van der Waals surface area contributed by atoms with Gasteiger partial charge in [0.25, 0.3) is 0 Å². The summed E-state index contributed by atoms with van der Waals surface area (Å²) in [5, 5.41) is 0. The lowest BCUT2D eigenvalue weighted by atomic mass is 10.2. The van der Waals surface area contributed by atoms with Crippen LogP contribution in [0.3, 0.4) is 0 Å². The molecule has 0 bridgehead atoms. The molecule has 0 saturated carbocycles. The van der Waals surface area contributed by atoms with Gasteiger partial charge in [-0.15, -0.1) is 0 Å². The quantitative estimate of drug-likeness (QED) is 0.113. The normalized spacial score (nSPS) is 11.1. The van der Waals surface area contributed by atoms with Crippen LogP contribution in [0.2, 0.25) is 0 Å². The van der Waals surface area contributed by atoms with E-state index < -0.39 is 0 Å². The van der Waals surface area contributed by atoms with Crippen LogP contribution in [0.4, 0.5) is 0 Å². The van der Waals surface area contributed by atoms with Crippen LogP contribution in [0.15, 0.2) is 36.5 Å². The number of ether oxygens (including phenoxy) is 7. The van der Waals surface area contributed by atoms with Crippen molar-refractivity contribution in [3.8, 4) is 0 Å². The summed E-state index contributed by atoms with van der Waals surface area (Å²) >= 11 is 0. The molecule has 7 heteroatoms. The SMILES string of the molecule is C.C.C.COC/C=C/C(CCOC)OC.COC/C=C/C=C/COC.COCCCCCCOC. The molecule has 1 unspecified atom stereocenters. The maximum atomic E-state index is 5.18. The Bertz CT molecular complexity index is 364. The average Bonchev–Trinajstić information content (AvgIpc) is 2.82. The Balaban J connectivity index is -0.0000000869. The van der Waals surface area contributed by atoms with Gasteiger partial charge in [0.1, 0.15) is 0 Å². The van der Waals surface area contributed by atoms with E-state index in [2.05, 4.69) is 0 Å². The average molecular weight is 511 g/mol. The second-order valence-electron chi connectivity index (χ2n) is 6.61. The van der Waals surface area contributed by atoms with Crippen molar-refractivity contribution in [2.45, 2.75) is 60.5 Å². The Morgan fingerprint density at radius 3 is 1.23 bits per heavy atom. The van der Waals surface area contributed by atoms with Gasteiger partial charge in [0.15, 0.2) is 0 Å². The first kappa shape index (κ1) is 47.2. The molecule has 0 saturated heterocycles. The maximum absolute atomic E-state index is 5.18. The van der Waals surface area contributed by atoms with Gasteiger partial charge in [0, 0.05) is 76.0 Å². The molecule has 0 amide bonds. The highest BCUT2D eigenvalue weighted by atomic mass is 16.5. The molecule has 0 aliphatic carbocycles. The van der Waals surface area contributed by atoms with Gasteiger partial charge in [-0.2, -0.15) is 0 Å². The molecular weight excluding hydrogens is 448 g/mol. The summed E-state index contributed by atoms with van der Waals surface area (Å²) in [6.07, 6.45) is 17.6. The van der Waals surface area contributed by atoms with E-state index in [1.807, 2.05) is 36.5 Å². The van der Waals surface area contributed by atoms with Gasteiger partial charge >= 0.3 is 0 Å². The summed E-state index contributed by atoms with van der Waals surface area (Å²) < 4.78 is 34.4. The highest BCUT2D eigenvalue weighted by Gasteiger charge is 2.00. The smallest absolute Gasteiger partial charge is 0.0774 e. The van der Waals surface area contributed by atoms with E-state index in [1.54, 1.807) is 49.8 Å². The van der Waals surface area contributed by atoms with Gasteiger partial charge in [-0.1, -0.05) is 71.6 Å². The summed E-state index contributed by atoms with van der Waals surface area (Å²) in [7, 11) is 11.9. The summed E-state index contributed by atoms with van der Waals surface area (Å²) in [4.78, 5) is 0. The molecule has 35 heavy (non-hydrogen) atoms. The zero-order valence-electron chi connectivity index (χ0n) is 21.7. The topological polar surface area (TPSA) is 64.6 Å². The minimum atomic E-state index is 0. The first-order valence-electron chi connectivity index (χ1n) is 11.1. The summed E-state index contributed by atoms with van der Waals surface area (Å²) in [5.41, 5.74) is 0. The summed E-state index contributed by atoms with van der Waals surface area (Å²) in [5.74, 6) is 0. The molecule has 0 heterocycles.